The quantitative estimate of drug-likeness (QED) is 0.875. The minimum atomic E-state index is -0.197. The average Bonchev–Trinajstić information content (AvgIpc) is 2.28. The zero-order valence-corrected chi connectivity index (χ0v) is 11.8. The van der Waals surface area contributed by atoms with Crippen LogP contribution in [0.1, 0.15) is 37.7 Å². The van der Waals surface area contributed by atoms with Gasteiger partial charge in [0.1, 0.15) is 0 Å². The van der Waals surface area contributed by atoms with Crippen LogP contribution in [-0.2, 0) is 0 Å². The molecule has 0 saturated heterocycles. The maximum atomic E-state index is 9.48. The molecule has 0 amide bonds. The van der Waals surface area contributed by atoms with Crippen LogP contribution in [0.4, 0.5) is 0 Å². The van der Waals surface area contributed by atoms with Crippen LogP contribution in [0.5, 0.6) is 0 Å². The second kappa shape index (κ2) is 5.98. The number of benzene rings is 1. The molecule has 1 aliphatic carbocycles. The van der Waals surface area contributed by atoms with Gasteiger partial charge in [-0.1, -0.05) is 41.1 Å². The third-order valence-corrected chi connectivity index (χ3v) is 4.32. The first-order chi connectivity index (χ1) is 8.20. The normalized spacial score (nSPS) is 25.4. The Morgan fingerprint density at radius 1 is 1.41 bits per heavy atom. The Balaban J connectivity index is 1.77. The Morgan fingerprint density at radius 2 is 2.12 bits per heavy atom. The summed E-state index contributed by atoms with van der Waals surface area (Å²) in [5.41, 5.74) is 1.42. The third-order valence-electron chi connectivity index (χ3n) is 3.60. The van der Waals surface area contributed by atoms with Crippen molar-refractivity contribution in [3.05, 3.63) is 34.3 Å². The summed E-state index contributed by atoms with van der Waals surface area (Å²) in [5, 5.41) is 12.9. The van der Waals surface area contributed by atoms with Crippen LogP contribution < -0.4 is 5.32 Å². The molecular formula is C14H20BrNO. The van der Waals surface area contributed by atoms with Crippen LogP contribution in [0.2, 0.25) is 0 Å². The van der Waals surface area contributed by atoms with Gasteiger partial charge in [-0.25, -0.2) is 0 Å². The number of halogens is 1. The van der Waals surface area contributed by atoms with Gasteiger partial charge in [0.05, 0.1) is 6.10 Å². The van der Waals surface area contributed by atoms with E-state index in [0.717, 1.165) is 13.0 Å². The average molecular weight is 298 g/mol. The second-order valence-corrected chi connectivity index (χ2v) is 5.71. The van der Waals surface area contributed by atoms with Crippen molar-refractivity contribution in [3.8, 4) is 0 Å². The lowest BCUT2D eigenvalue weighted by Gasteiger charge is -2.37. The molecule has 0 radical (unpaired) electrons. The minimum absolute atomic E-state index is 0.197. The summed E-state index contributed by atoms with van der Waals surface area (Å²) in [4.78, 5) is 0. The highest BCUT2D eigenvalue weighted by Crippen LogP contribution is 2.39. The molecule has 2 nitrogen and oxygen atoms in total. The summed E-state index contributed by atoms with van der Waals surface area (Å²) >= 11 is 3.60. The SMILES string of the molecule is CCC(O)CNC1CC(c2ccccc2Br)C1. The molecule has 1 atom stereocenters. The minimum Gasteiger partial charge on any atom is -0.392 e. The Bertz CT molecular complexity index is 363. The number of nitrogens with one attached hydrogen (secondary N) is 1. The van der Waals surface area contributed by atoms with E-state index >= 15 is 0 Å². The molecule has 2 N–H and O–H groups in total. The van der Waals surface area contributed by atoms with Gasteiger partial charge in [-0.15, -0.1) is 0 Å². The predicted octanol–water partition coefficient (Wildman–Crippen LogP) is 3.06. The van der Waals surface area contributed by atoms with Crippen molar-refractivity contribution in [2.45, 2.75) is 44.2 Å². The Kier molecular flexibility index (Phi) is 4.60. The summed E-state index contributed by atoms with van der Waals surface area (Å²) in [6, 6.07) is 9.04. The fourth-order valence-corrected chi connectivity index (χ4v) is 2.90. The van der Waals surface area contributed by atoms with Crippen LogP contribution in [0.3, 0.4) is 0 Å². The smallest absolute Gasteiger partial charge is 0.0662 e. The molecule has 1 aromatic rings. The molecule has 1 saturated carbocycles. The van der Waals surface area contributed by atoms with Crippen molar-refractivity contribution in [2.24, 2.45) is 0 Å². The molecule has 0 bridgehead atoms. The summed E-state index contributed by atoms with van der Waals surface area (Å²) in [6.07, 6.45) is 2.99. The topological polar surface area (TPSA) is 32.3 Å². The van der Waals surface area contributed by atoms with Crippen molar-refractivity contribution < 1.29 is 5.11 Å². The van der Waals surface area contributed by atoms with Gasteiger partial charge < -0.3 is 10.4 Å². The van der Waals surface area contributed by atoms with Gasteiger partial charge in [0.2, 0.25) is 0 Å². The van der Waals surface area contributed by atoms with E-state index in [-0.39, 0.29) is 6.10 Å². The maximum absolute atomic E-state index is 9.48. The van der Waals surface area contributed by atoms with E-state index in [1.165, 1.54) is 22.9 Å². The van der Waals surface area contributed by atoms with Crippen molar-refractivity contribution >= 4 is 15.9 Å². The highest BCUT2D eigenvalue weighted by atomic mass is 79.9. The first-order valence-corrected chi connectivity index (χ1v) is 7.16. The lowest BCUT2D eigenvalue weighted by Crippen LogP contribution is -2.43. The molecule has 1 aliphatic rings. The van der Waals surface area contributed by atoms with E-state index in [4.69, 9.17) is 0 Å². The zero-order chi connectivity index (χ0) is 12.3. The maximum Gasteiger partial charge on any atom is 0.0662 e. The molecule has 0 aromatic heterocycles. The predicted molar refractivity (Wildman–Crippen MR) is 74.2 cm³/mol. The number of aliphatic hydroxyl groups is 1. The van der Waals surface area contributed by atoms with Crippen LogP contribution in [0.25, 0.3) is 0 Å². The Morgan fingerprint density at radius 3 is 2.76 bits per heavy atom. The largest absolute Gasteiger partial charge is 0.392 e. The van der Waals surface area contributed by atoms with Gasteiger partial charge in [-0.05, 0) is 36.8 Å². The molecule has 0 heterocycles. The monoisotopic (exact) mass is 297 g/mol. The van der Waals surface area contributed by atoms with Crippen molar-refractivity contribution in [2.75, 3.05) is 6.54 Å². The first-order valence-electron chi connectivity index (χ1n) is 6.36. The molecule has 94 valence electrons. The van der Waals surface area contributed by atoms with Crippen molar-refractivity contribution in [1.29, 1.82) is 0 Å². The first kappa shape index (κ1) is 13.1. The van der Waals surface area contributed by atoms with E-state index in [1.807, 2.05) is 6.92 Å². The summed E-state index contributed by atoms with van der Waals surface area (Å²) in [7, 11) is 0. The number of rotatable bonds is 5. The number of aliphatic hydroxyl groups excluding tert-OH is 1. The van der Waals surface area contributed by atoms with Gasteiger partial charge in [-0.3, -0.25) is 0 Å². The molecule has 3 heteroatoms. The molecule has 0 spiro atoms. The van der Waals surface area contributed by atoms with Crippen LogP contribution in [0.15, 0.2) is 28.7 Å². The second-order valence-electron chi connectivity index (χ2n) is 4.86. The van der Waals surface area contributed by atoms with Gasteiger partial charge >= 0.3 is 0 Å². The van der Waals surface area contributed by atoms with Crippen molar-refractivity contribution in [3.63, 3.8) is 0 Å². The van der Waals surface area contributed by atoms with E-state index in [2.05, 4.69) is 45.5 Å². The van der Waals surface area contributed by atoms with Crippen LogP contribution in [0, 0.1) is 0 Å². The van der Waals surface area contributed by atoms with Gasteiger partial charge in [0, 0.05) is 17.1 Å². The summed E-state index contributed by atoms with van der Waals surface area (Å²) in [6.45, 7) is 2.74. The fraction of sp³-hybridized carbons (Fsp3) is 0.571. The molecular weight excluding hydrogens is 278 g/mol. The van der Waals surface area contributed by atoms with Crippen LogP contribution in [-0.4, -0.2) is 23.8 Å². The molecule has 1 unspecified atom stereocenters. The Hall–Kier alpha value is -0.380. The lowest BCUT2D eigenvalue weighted by atomic mass is 9.76. The van der Waals surface area contributed by atoms with Crippen molar-refractivity contribution in [1.82, 2.24) is 5.32 Å². The van der Waals surface area contributed by atoms with Gasteiger partial charge in [-0.2, -0.15) is 0 Å². The summed E-state index contributed by atoms with van der Waals surface area (Å²) in [5.74, 6) is 0.668. The zero-order valence-electron chi connectivity index (χ0n) is 10.2. The molecule has 1 fully saturated rings. The van der Waals surface area contributed by atoms with Gasteiger partial charge in [0.25, 0.3) is 0 Å². The standard InChI is InChI=1S/C14H20BrNO/c1-2-12(17)9-16-11-7-10(8-11)13-5-3-4-6-14(13)15/h3-6,10-12,16-17H,2,7-9H2,1H3. The molecule has 17 heavy (non-hydrogen) atoms. The highest BCUT2D eigenvalue weighted by Gasteiger charge is 2.30. The number of hydrogen-bond donors (Lipinski definition) is 2. The molecule has 0 aliphatic heterocycles. The molecule has 1 aromatic carbocycles. The Labute approximate surface area is 112 Å². The molecule has 2 rings (SSSR count). The highest BCUT2D eigenvalue weighted by molar-refractivity contribution is 9.10. The fourth-order valence-electron chi connectivity index (χ4n) is 2.29. The van der Waals surface area contributed by atoms with E-state index in [9.17, 15) is 5.11 Å². The van der Waals surface area contributed by atoms with E-state index < -0.39 is 0 Å². The third kappa shape index (κ3) is 3.30. The van der Waals surface area contributed by atoms with Gasteiger partial charge in [0.15, 0.2) is 0 Å². The van der Waals surface area contributed by atoms with Crippen LogP contribution >= 0.6 is 15.9 Å². The van der Waals surface area contributed by atoms with E-state index in [1.54, 1.807) is 0 Å². The number of hydrogen-bond acceptors (Lipinski definition) is 2. The lowest BCUT2D eigenvalue weighted by molar-refractivity contribution is 0.151. The summed E-state index contributed by atoms with van der Waals surface area (Å²) < 4.78 is 1.22. The van der Waals surface area contributed by atoms with E-state index in [0.29, 0.717) is 12.0 Å².